The smallest absolute Gasteiger partial charge is 0.238 e. The van der Waals surface area contributed by atoms with Gasteiger partial charge in [-0.3, -0.25) is 4.79 Å². The summed E-state index contributed by atoms with van der Waals surface area (Å²) in [5.74, 6) is -0.0416. The van der Waals surface area contributed by atoms with Gasteiger partial charge in [-0.05, 0) is 20.3 Å². The number of amides is 1. The van der Waals surface area contributed by atoms with Crippen LogP contribution in [-0.2, 0) is 4.79 Å². The van der Waals surface area contributed by atoms with Crippen LogP contribution in [0.4, 0.5) is 0 Å². The van der Waals surface area contributed by atoms with Gasteiger partial charge in [0, 0.05) is 6.04 Å². The van der Waals surface area contributed by atoms with Crippen LogP contribution in [0.5, 0.6) is 0 Å². The number of nitrogens with one attached hydrogen (secondary N) is 1. The summed E-state index contributed by atoms with van der Waals surface area (Å²) >= 11 is 5.84. The highest BCUT2D eigenvalue weighted by Crippen LogP contribution is 2.07. The van der Waals surface area contributed by atoms with E-state index in [1.165, 1.54) is 0 Å². The molecule has 0 saturated heterocycles. The van der Waals surface area contributed by atoms with E-state index in [-0.39, 0.29) is 17.3 Å². The summed E-state index contributed by atoms with van der Waals surface area (Å²) in [6.45, 7) is 5.95. The van der Waals surface area contributed by atoms with Crippen molar-refractivity contribution >= 4 is 17.5 Å². The fourth-order valence-electron chi connectivity index (χ4n) is 0.889. The highest BCUT2D eigenvalue weighted by Gasteiger charge is 2.14. The molecule has 0 aliphatic rings. The monoisotopic (exact) mass is 191 g/mol. The molecule has 0 radical (unpaired) electrons. The third-order valence-corrected chi connectivity index (χ3v) is 1.94. The van der Waals surface area contributed by atoms with Gasteiger partial charge in [0.15, 0.2) is 0 Å². The van der Waals surface area contributed by atoms with E-state index < -0.39 is 0 Å². The van der Waals surface area contributed by atoms with E-state index in [1.807, 2.05) is 13.8 Å². The zero-order valence-electron chi connectivity index (χ0n) is 8.06. The van der Waals surface area contributed by atoms with Crippen LogP contribution >= 0.6 is 11.6 Å². The third kappa shape index (κ3) is 5.42. The normalized spacial score (nSPS) is 13.1. The number of carbonyl (C=O) groups is 1. The molecule has 0 aliphatic heterocycles. The standard InChI is InChI=1S/C9H18ClNO/c1-4-5-6-8(10)9(12)11-7(2)3/h7-8H,4-6H2,1-3H3,(H,11,12). The summed E-state index contributed by atoms with van der Waals surface area (Å²) in [7, 11) is 0. The Morgan fingerprint density at radius 1 is 1.50 bits per heavy atom. The van der Waals surface area contributed by atoms with E-state index in [0.29, 0.717) is 0 Å². The van der Waals surface area contributed by atoms with Gasteiger partial charge in [-0.25, -0.2) is 0 Å². The van der Waals surface area contributed by atoms with Gasteiger partial charge in [-0.2, -0.15) is 0 Å². The topological polar surface area (TPSA) is 29.1 Å². The molecule has 1 atom stereocenters. The number of unbranched alkanes of at least 4 members (excludes halogenated alkanes) is 1. The van der Waals surface area contributed by atoms with E-state index in [0.717, 1.165) is 19.3 Å². The summed E-state index contributed by atoms with van der Waals surface area (Å²) < 4.78 is 0. The molecule has 1 unspecified atom stereocenters. The maximum absolute atomic E-state index is 11.2. The van der Waals surface area contributed by atoms with Gasteiger partial charge in [0.2, 0.25) is 5.91 Å². The number of halogens is 1. The van der Waals surface area contributed by atoms with Crippen molar-refractivity contribution in [3.63, 3.8) is 0 Å². The van der Waals surface area contributed by atoms with Crippen LogP contribution in [0.15, 0.2) is 0 Å². The fourth-order valence-corrected chi connectivity index (χ4v) is 1.11. The molecule has 0 spiro atoms. The molecule has 0 aliphatic carbocycles. The number of hydrogen-bond donors (Lipinski definition) is 1. The van der Waals surface area contributed by atoms with Crippen molar-refractivity contribution in [2.24, 2.45) is 0 Å². The SMILES string of the molecule is CCCCC(Cl)C(=O)NC(C)C. The zero-order valence-corrected chi connectivity index (χ0v) is 8.82. The lowest BCUT2D eigenvalue weighted by atomic mass is 10.2. The van der Waals surface area contributed by atoms with Crippen molar-refractivity contribution < 1.29 is 4.79 Å². The molecule has 0 saturated carbocycles. The summed E-state index contributed by atoms with van der Waals surface area (Å²) in [6.07, 6.45) is 2.87. The first-order chi connectivity index (χ1) is 5.57. The van der Waals surface area contributed by atoms with Crippen molar-refractivity contribution in [2.75, 3.05) is 0 Å². The largest absolute Gasteiger partial charge is 0.353 e. The Morgan fingerprint density at radius 2 is 2.08 bits per heavy atom. The lowest BCUT2D eigenvalue weighted by Gasteiger charge is -2.12. The molecular formula is C9H18ClNO. The molecule has 0 heterocycles. The quantitative estimate of drug-likeness (QED) is 0.664. The Morgan fingerprint density at radius 3 is 2.50 bits per heavy atom. The second-order valence-corrected chi connectivity index (χ2v) is 3.80. The first-order valence-electron chi connectivity index (χ1n) is 4.52. The number of carbonyl (C=O) groups excluding carboxylic acids is 1. The van der Waals surface area contributed by atoms with Gasteiger partial charge < -0.3 is 5.32 Å². The summed E-state index contributed by atoms with van der Waals surface area (Å²) in [5, 5.41) is 2.43. The second kappa shape index (κ2) is 6.30. The summed E-state index contributed by atoms with van der Waals surface area (Å²) in [5.41, 5.74) is 0. The van der Waals surface area contributed by atoms with E-state index in [4.69, 9.17) is 11.6 Å². The molecule has 0 aromatic carbocycles. The number of rotatable bonds is 5. The molecule has 12 heavy (non-hydrogen) atoms. The van der Waals surface area contributed by atoms with Crippen molar-refractivity contribution in [2.45, 2.75) is 51.5 Å². The van der Waals surface area contributed by atoms with Crippen LogP contribution in [0.3, 0.4) is 0 Å². The maximum Gasteiger partial charge on any atom is 0.238 e. The van der Waals surface area contributed by atoms with E-state index in [9.17, 15) is 4.79 Å². The summed E-state index contributed by atoms with van der Waals surface area (Å²) in [6, 6.07) is 0.181. The van der Waals surface area contributed by atoms with Gasteiger partial charge in [-0.1, -0.05) is 19.8 Å². The maximum atomic E-state index is 11.2. The van der Waals surface area contributed by atoms with Gasteiger partial charge >= 0.3 is 0 Å². The molecule has 1 amide bonds. The Balaban J connectivity index is 3.61. The Hall–Kier alpha value is -0.240. The van der Waals surface area contributed by atoms with Crippen LogP contribution in [-0.4, -0.2) is 17.3 Å². The number of alkyl halides is 1. The third-order valence-electron chi connectivity index (χ3n) is 1.53. The highest BCUT2D eigenvalue weighted by atomic mass is 35.5. The molecule has 0 bridgehead atoms. The van der Waals surface area contributed by atoms with Crippen molar-refractivity contribution in [3.05, 3.63) is 0 Å². The second-order valence-electron chi connectivity index (χ2n) is 3.27. The lowest BCUT2D eigenvalue weighted by molar-refractivity contribution is -0.121. The lowest BCUT2D eigenvalue weighted by Crippen LogP contribution is -2.36. The summed E-state index contributed by atoms with van der Waals surface area (Å²) in [4.78, 5) is 11.2. The predicted octanol–water partition coefficient (Wildman–Crippen LogP) is 2.31. The van der Waals surface area contributed by atoms with Gasteiger partial charge in [0.1, 0.15) is 5.38 Å². The molecule has 0 fully saturated rings. The minimum atomic E-state index is -0.354. The van der Waals surface area contributed by atoms with Crippen LogP contribution in [0.1, 0.15) is 40.0 Å². The first kappa shape index (κ1) is 11.8. The Bertz CT molecular complexity index is 136. The molecule has 0 aromatic rings. The average Bonchev–Trinajstić information content (AvgIpc) is 1.98. The Labute approximate surface area is 79.7 Å². The van der Waals surface area contributed by atoms with E-state index in [1.54, 1.807) is 0 Å². The molecule has 0 aromatic heterocycles. The predicted molar refractivity (Wildman–Crippen MR) is 52.4 cm³/mol. The van der Waals surface area contributed by atoms with Gasteiger partial charge in [0.25, 0.3) is 0 Å². The molecule has 2 nitrogen and oxygen atoms in total. The van der Waals surface area contributed by atoms with Gasteiger partial charge in [0.05, 0.1) is 0 Å². The molecule has 3 heteroatoms. The minimum Gasteiger partial charge on any atom is -0.353 e. The van der Waals surface area contributed by atoms with Crippen LogP contribution in [0, 0.1) is 0 Å². The Kier molecular flexibility index (Phi) is 6.17. The zero-order chi connectivity index (χ0) is 9.56. The highest BCUT2D eigenvalue weighted by molar-refractivity contribution is 6.30. The minimum absolute atomic E-state index is 0.0416. The van der Waals surface area contributed by atoms with E-state index >= 15 is 0 Å². The fraction of sp³-hybridized carbons (Fsp3) is 0.889. The van der Waals surface area contributed by atoms with E-state index in [2.05, 4.69) is 12.2 Å². The molecule has 1 N–H and O–H groups in total. The van der Waals surface area contributed by atoms with Crippen molar-refractivity contribution in [3.8, 4) is 0 Å². The van der Waals surface area contributed by atoms with Crippen LogP contribution in [0.25, 0.3) is 0 Å². The average molecular weight is 192 g/mol. The first-order valence-corrected chi connectivity index (χ1v) is 4.96. The van der Waals surface area contributed by atoms with Gasteiger partial charge in [-0.15, -0.1) is 11.6 Å². The van der Waals surface area contributed by atoms with Crippen LogP contribution < -0.4 is 5.32 Å². The van der Waals surface area contributed by atoms with Crippen molar-refractivity contribution in [1.82, 2.24) is 5.32 Å². The molecule has 0 rings (SSSR count). The molecular weight excluding hydrogens is 174 g/mol. The van der Waals surface area contributed by atoms with Crippen molar-refractivity contribution in [1.29, 1.82) is 0 Å². The number of hydrogen-bond acceptors (Lipinski definition) is 1. The van der Waals surface area contributed by atoms with Crippen LogP contribution in [0.2, 0.25) is 0 Å². The molecule has 72 valence electrons.